The Labute approximate surface area is 250 Å². The minimum atomic E-state index is -0.556. The molecule has 4 saturated carbocycles. The van der Waals surface area contributed by atoms with Crippen LogP contribution in [0.1, 0.15) is 113 Å². The molecular weight excluding hydrogens is 528 g/mol. The van der Waals surface area contributed by atoms with Crippen LogP contribution in [0.15, 0.2) is 18.0 Å². The molecule has 6 rings (SSSR count). The van der Waals surface area contributed by atoms with Crippen molar-refractivity contribution >= 4 is 23.6 Å². The third-order valence-electron chi connectivity index (χ3n) is 14.0. The van der Waals surface area contributed by atoms with E-state index >= 15 is 0 Å². The van der Waals surface area contributed by atoms with E-state index in [1.54, 1.807) is 0 Å². The molecule has 0 aliphatic heterocycles. The number of hydrogen-bond acceptors (Lipinski definition) is 6. The number of nitrogens with one attached hydrogen (secondary N) is 2. The SMILES string of the molecule is CC(=O)OC1CCC2(C)C(CCC3(C)C2C(=O)C=C2C4CC(C)(C(=O)Nc5ncn[nH]5)CCC4(C)CCC23C)C1(C)C. The molecule has 0 bridgehead atoms. The highest BCUT2D eigenvalue weighted by Crippen LogP contribution is 2.75. The van der Waals surface area contributed by atoms with Crippen LogP contribution in [-0.4, -0.2) is 38.9 Å². The highest BCUT2D eigenvalue weighted by molar-refractivity contribution is 5.96. The number of carbonyl (C=O) groups excluding carboxylic acids is 3. The number of anilines is 1. The summed E-state index contributed by atoms with van der Waals surface area (Å²) < 4.78 is 5.86. The summed E-state index contributed by atoms with van der Waals surface area (Å²) >= 11 is 0. The maximum Gasteiger partial charge on any atom is 0.302 e. The topological polar surface area (TPSA) is 114 Å². The van der Waals surface area contributed by atoms with Gasteiger partial charge in [0.25, 0.3) is 0 Å². The number of allylic oxidation sites excluding steroid dienone is 2. The zero-order chi connectivity index (χ0) is 30.5. The summed E-state index contributed by atoms with van der Waals surface area (Å²) in [6.07, 6.45) is 11.8. The van der Waals surface area contributed by atoms with E-state index in [1.165, 1.54) is 18.8 Å². The molecule has 9 unspecified atom stereocenters. The van der Waals surface area contributed by atoms with Gasteiger partial charge in [-0.3, -0.25) is 19.7 Å². The fourth-order valence-corrected chi connectivity index (χ4v) is 11.3. The number of nitrogens with zero attached hydrogens (tertiary/aromatic N) is 2. The zero-order valence-corrected chi connectivity index (χ0v) is 26.9. The quantitative estimate of drug-likeness (QED) is 0.388. The Kier molecular flexibility index (Phi) is 6.51. The number of ketones is 1. The molecular formula is C34H50N4O4. The number of rotatable bonds is 3. The third-order valence-corrected chi connectivity index (χ3v) is 14.0. The molecule has 0 spiro atoms. The normalized spacial score (nSPS) is 45.8. The van der Waals surface area contributed by atoms with Crippen molar-refractivity contribution in [1.29, 1.82) is 0 Å². The van der Waals surface area contributed by atoms with Crippen LogP contribution in [0.3, 0.4) is 0 Å². The highest BCUT2D eigenvalue weighted by Gasteiger charge is 2.70. The Hall–Kier alpha value is -2.51. The van der Waals surface area contributed by atoms with Gasteiger partial charge in [0.1, 0.15) is 12.4 Å². The Morgan fingerprint density at radius 3 is 2.36 bits per heavy atom. The monoisotopic (exact) mass is 578 g/mol. The molecule has 9 atom stereocenters. The van der Waals surface area contributed by atoms with Gasteiger partial charge < -0.3 is 4.74 Å². The number of ether oxygens (including phenoxy) is 1. The predicted molar refractivity (Wildman–Crippen MR) is 160 cm³/mol. The standard InChI is InChI=1S/C34H50N4O4/c1-20(39)42-25-10-11-32(6)24(29(25,2)3)9-12-34(8)26(32)23(40)17-21-22-18-31(5,27(41)37-28-35-19-36-38-28)14-13-30(22,4)15-16-33(21,34)7/h17,19,22,24-26H,9-16,18H2,1-8H3,(H2,35,36,37,38,41). The lowest BCUT2D eigenvalue weighted by Gasteiger charge is -2.70. The second-order valence-electron chi connectivity index (χ2n) is 16.5. The lowest BCUT2D eigenvalue weighted by Crippen LogP contribution is -2.66. The molecule has 0 radical (unpaired) electrons. The summed E-state index contributed by atoms with van der Waals surface area (Å²) in [4.78, 5) is 44.3. The summed E-state index contributed by atoms with van der Waals surface area (Å²) in [5.41, 5.74) is 0.188. The number of carbonyl (C=O) groups is 3. The number of H-pyrrole nitrogens is 1. The second kappa shape index (κ2) is 9.25. The van der Waals surface area contributed by atoms with Gasteiger partial charge in [-0.05, 0) is 97.4 Å². The van der Waals surface area contributed by atoms with E-state index in [9.17, 15) is 14.4 Å². The number of amides is 1. The molecule has 1 heterocycles. The number of aromatic nitrogens is 3. The van der Waals surface area contributed by atoms with Gasteiger partial charge >= 0.3 is 5.97 Å². The van der Waals surface area contributed by atoms with Crippen LogP contribution in [0.4, 0.5) is 5.95 Å². The van der Waals surface area contributed by atoms with Gasteiger partial charge in [-0.15, -0.1) is 0 Å². The van der Waals surface area contributed by atoms with E-state index in [4.69, 9.17) is 4.74 Å². The summed E-state index contributed by atoms with van der Waals surface area (Å²) in [5, 5.41) is 9.59. The van der Waals surface area contributed by atoms with Gasteiger partial charge in [0.05, 0.1) is 0 Å². The first-order valence-electron chi connectivity index (χ1n) is 16.1. The minimum absolute atomic E-state index is 0.0276. The van der Waals surface area contributed by atoms with Crippen molar-refractivity contribution in [1.82, 2.24) is 15.2 Å². The molecule has 230 valence electrons. The van der Waals surface area contributed by atoms with E-state index in [-0.39, 0.29) is 62.7 Å². The first-order chi connectivity index (χ1) is 19.5. The predicted octanol–water partition coefficient (Wildman–Crippen LogP) is 6.66. The maximum absolute atomic E-state index is 14.6. The molecule has 8 nitrogen and oxygen atoms in total. The number of aromatic amines is 1. The Morgan fingerprint density at radius 2 is 1.69 bits per heavy atom. The first-order valence-corrected chi connectivity index (χ1v) is 16.1. The second-order valence-corrected chi connectivity index (χ2v) is 16.5. The van der Waals surface area contributed by atoms with Crippen molar-refractivity contribution < 1.29 is 19.1 Å². The average Bonchev–Trinajstić information content (AvgIpc) is 3.41. The molecule has 0 saturated heterocycles. The molecule has 8 heteroatoms. The van der Waals surface area contributed by atoms with Gasteiger partial charge in [-0.1, -0.05) is 54.0 Å². The molecule has 0 aromatic carbocycles. The van der Waals surface area contributed by atoms with Gasteiger partial charge in [0.2, 0.25) is 11.9 Å². The number of hydrogen-bond donors (Lipinski definition) is 2. The van der Waals surface area contributed by atoms with Crippen LogP contribution in [0.5, 0.6) is 0 Å². The number of fused-ring (bicyclic) bond motifs is 7. The minimum Gasteiger partial charge on any atom is -0.462 e. The van der Waals surface area contributed by atoms with Gasteiger partial charge in [0.15, 0.2) is 5.78 Å². The van der Waals surface area contributed by atoms with E-state index in [0.717, 1.165) is 57.8 Å². The first kappa shape index (κ1) is 29.6. The summed E-state index contributed by atoms with van der Waals surface area (Å²) in [5.74, 6) is 0.826. The zero-order valence-electron chi connectivity index (χ0n) is 26.9. The van der Waals surface area contributed by atoms with Gasteiger partial charge in [-0.25, -0.2) is 5.10 Å². The largest absolute Gasteiger partial charge is 0.462 e. The summed E-state index contributed by atoms with van der Waals surface area (Å²) in [7, 11) is 0. The lowest BCUT2D eigenvalue weighted by atomic mass is 9.33. The van der Waals surface area contributed by atoms with Crippen LogP contribution < -0.4 is 5.32 Å². The summed E-state index contributed by atoms with van der Waals surface area (Å²) in [6, 6.07) is 0. The van der Waals surface area contributed by atoms with E-state index < -0.39 is 5.41 Å². The van der Waals surface area contributed by atoms with Crippen molar-refractivity contribution in [3.05, 3.63) is 18.0 Å². The van der Waals surface area contributed by atoms with Crippen LogP contribution in [0, 0.1) is 50.2 Å². The molecule has 2 N–H and O–H groups in total. The maximum atomic E-state index is 14.6. The van der Waals surface area contributed by atoms with Crippen molar-refractivity contribution in [3.8, 4) is 0 Å². The molecule has 1 amide bonds. The molecule has 1 aromatic heterocycles. The van der Waals surface area contributed by atoms with Crippen molar-refractivity contribution in [2.24, 2.45) is 50.2 Å². The van der Waals surface area contributed by atoms with Crippen molar-refractivity contribution in [3.63, 3.8) is 0 Å². The fourth-order valence-electron chi connectivity index (χ4n) is 11.3. The van der Waals surface area contributed by atoms with Crippen LogP contribution in [0.25, 0.3) is 0 Å². The Bertz CT molecular complexity index is 1340. The number of esters is 1. The molecule has 1 aromatic rings. The van der Waals surface area contributed by atoms with E-state index in [2.05, 4.69) is 75.0 Å². The molecule has 4 fully saturated rings. The third kappa shape index (κ3) is 3.94. The average molecular weight is 579 g/mol. The highest BCUT2D eigenvalue weighted by atomic mass is 16.5. The van der Waals surface area contributed by atoms with Crippen molar-refractivity contribution in [2.45, 2.75) is 119 Å². The Balaban J connectivity index is 1.36. The van der Waals surface area contributed by atoms with E-state index in [0.29, 0.717) is 11.9 Å². The van der Waals surface area contributed by atoms with E-state index in [1.807, 2.05) is 0 Å². The lowest BCUT2D eigenvalue weighted by molar-refractivity contribution is -0.210. The van der Waals surface area contributed by atoms with Crippen LogP contribution in [0.2, 0.25) is 0 Å². The molecule has 5 aliphatic rings. The van der Waals surface area contributed by atoms with Crippen LogP contribution >= 0.6 is 0 Å². The van der Waals surface area contributed by atoms with Gasteiger partial charge in [0, 0.05) is 23.7 Å². The smallest absolute Gasteiger partial charge is 0.302 e. The van der Waals surface area contributed by atoms with Crippen LogP contribution in [-0.2, 0) is 19.1 Å². The fraction of sp³-hybridized carbons (Fsp3) is 0.794. The molecule has 5 aliphatic carbocycles. The molecule has 42 heavy (non-hydrogen) atoms. The van der Waals surface area contributed by atoms with Crippen molar-refractivity contribution in [2.75, 3.05) is 5.32 Å². The Morgan fingerprint density at radius 1 is 0.976 bits per heavy atom. The summed E-state index contributed by atoms with van der Waals surface area (Å²) in [6.45, 7) is 17.7. The van der Waals surface area contributed by atoms with Gasteiger partial charge in [-0.2, -0.15) is 10.1 Å².